The minimum absolute atomic E-state index is 0.394. The Labute approximate surface area is 111 Å². The Kier molecular flexibility index (Phi) is 7.70. The van der Waals surface area contributed by atoms with Gasteiger partial charge in [-0.25, -0.2) is 8.42 Å². The van der Waals surface area contributed by atoms with Crippen molar-refractivity contribution >= 4 is 10.1 Å². The molecule has 1 rings (SSSR count). The molecule has 18 heavy (non-hydrogen) atoms. The van der Waals surface area contributed by atoms with Gasteiger partial charge in [-0.1, -0.05) is 11.6 Å². The van der Waals surface area contributed by atoms with Gasteiger partial charge in [0.2, 0.25) is 0 Å². The second-order valence-electron chi connectivity index (χ2n) is 5.00. The second kappa shape index (κ2) is 7.89. The number of ether oxygens (including phenoxy) is 1. The molecule has 0 aromatic heterocycles. The summed E-state index contributed by atoms with van der Waals surface area (Å²) in [7, 11) is -1.75. The summed E-state index contributed by atoms with van der Waals surface area (Å²) in [6.45, 7) is 11.2. The van der Waals surface area contributed by atoms with Gasteiger partial charge in [0.15, 0.2) is 0 Å². The lowest BCUT2D eigenvalue weighted by Crippen LogP contribution is -2.51. The van der Waals surface area contributed by atoms with Crippen molar-refractivity contribution in [3.63, 3.8) is 0 Å². The quantitative estimate of drug-likeness (QED) is 0.439. The van der Waals surface area contributed by atoms with E-state index in [-0.39, 0.29) is 0 Å². The van der Waals surface area contributed by atoms with Crippen molar-refractivity contribution in [2.24, 2.45) is 0 Å². The lowest BCUT2D eigenvalue weighted by atomic mass is 10.3. The molecule has 0 aromatic rings. The Morgan fingerprint density at radius 1 is 1.33 bits per heavy atom. The van der Waals surface area contributed by atoms with Crippen LogP contribution in [-0.2, 0) is 14.9 Å². The van der Waals surface area contributed by atoms with Gasteiger partial charge in [-0.2, -0.15) is 0 Å². The Hall–Kier alpha value is -0.430. The summed E-state index contributed by atoms with van der Waals surface area (Å²) in [6, 6.07) is 0. The number of nitrogens with zero attached hydrogens (tertiary/aromatic N) is 1. The van der Waals surface area contributed by atoms with Crippen molar-refractivity contribution in [3.8, 4) is 0 Å². The molecule has 5 nitrogen and oxygen atoms in total. The fourth-order valence-electron chi connectivity index (χ4n) is 1.37. The van der Waals surface area contributed by atoms with E-state index in [2.05, 4.69) is 14.0 Å². The van der Waals surface area contributed by atoms with Crippen LogP contribution in [0.1, 0.15) is 20.8 Å². The van der Waals surface area contributed by atoms with Gasteiger partial charge in [0.25, 0.3) is 0 Å². The fraction of sp³-hybridized carbons (Fsp3) is 0.833. The maximum Gasteiger partial charge on any atom is 0.102 e. The van der Waals surface area contributed by atoms with E-state index in [0.717, 1.165) is 18.8 Å². The highest BCUT2D eigenvalue weighted by atomic mass is 32.2. The third kappa shape index (κ3) is 9.58. The normalized spacial score (nSPS) is 18.5. The van der Waals surface area contributed by atoms with Gasteiger partial charge in [0.05, 0.1) is 42.7 Å². The van der Waals surface area contributed by atoms with Crippen LogP contribution >= 0.6 is 0 Å². The summed E-state index contributed by atoms with van der Waals surface area (Å²) in [5.74, 6) is -0.394. The monoisotopic (exact) mass is 279 g/mol. The van der Waals surface area contributed by atoms with E-state index in [1.54, 1.807) is 13.8 Å². The van der Waals surface area contributed by atoms with Gasteiger partial charge >= 0.3 is 0 Å². The van der Waals surface area contributed by atoms with Crippen LogP contribution in [0.2, 0.25) is 0 Å². The van der Waals surface area contributed by atoms with Crippen LogP contribution < -0.4 is 0 Å². The summed E-state index contributed by atoms with van der Waals surface area (Å²) < 4.78 is 36.3. The average molecular weight is 279 g/mol. The predicted octanol–water partition coefficient (Wildman–Crippen LogP) is 0.981. The van der Waals surface area contributed by atoms with Crippen molar-refractivity contribution in [3.05, 3.63) is 11.6 Å². The summed E-state index contributed by atoms with van der Waals surface area (Å²) in [6.07, 6.45) is 1.39. The van der Waals surface area contributed by atoms with Gasteiger partial charge < -0.3 is 13.8 Å². The molecule has 0 N–H and O–H groups in total. The summed E-state index contributed by atoms with van der Waals surface area (Å²) in [5.41, 5.74) is 0.842. The number of rotatable bonds is 3. The molecule has 1 saturated heterocycles. The van der Waals surface area contributed by atoms with Gasteiger partial charge in [0, 0.05) is 0 Å². The first-order chi connectivity index (χ1) is 8.18. The van der Waals surface area contributed by atoms with Gasteiger partial charge in [-0.15, -0.1) is 0 Å². The van der Waals surface area contributed by atoms with E-state index in [4.69, 9.17) is 4.74 Å². The zero-order chi connectivity index (χ0) is 14.2. The van der Waals surface area contributed by atoms with Crippen molar-refractivity contribution in [1.82, 2.24) is 0 Å². The average Bonchev–Trinajstić information content (AvgIpc) is 2.28. The largest absolute Gasteiger partial charge is 0.748 e. The van der Waals surface area contributed by atoms with Crippen LogP contribution in [-0.4, -0.2) is 63.1 Å². The first-order valence-electron chi connectivity index (χ1n) is 6.17. The maximum absolute atomic E-state index is 9.94. The molecule has 0 unspecified atom stereocenters. The zero-order valence-corrected chi connectivity index (χ0v) is 12.6. The number of morpholine rings is 1. The van der Waals surface area contributed by atoms with Crippen LogP contribution in [0, 0.1) is 0 Å². The number of hydrogen-bond acceptors (Lipinski definition) is 4. The number of hydrogen-bond donors (Lipinski definition) is 0. The second-order valence-corrected chi connectivity index (χ2v) is 6.45. The highest BCUT2D eigenvalue weighted by Crippen LogP contribution is 2.05. The lowest BCUT2D eigenvalue weighted by molar-refractivity contribution is -0.915. The van der Waals surface area contributed by atoms with E-state index in [1.807, 2.05) is 0 Å². The van der Waals surface area contributed by atoms with Crippen molar-refractivity contribution in [2.45, 2.75) is 20.8 Å². The summed E-state index contributed by atoms with van der Waals surface area (Å²) in [4.78, 5) is 0. The molecule has 0 spiro atoms. The van der Waals surface area contributed by atoms with Crippen molar-refractivity contribution < 1.29 is 22.2 Å². The maximum atomic E-state index is 9.94. The summed E-state index contributed by atoms with van der Waals surface area (Å²) >= 11 is 0. The van der Waals surface area contributed by atoms with Crippen LogP contribution in [0.5, 0.6) is 0 Å². The first-order valence-corrected chi connectivity index (χ1v) is 7.74. The van der Waals surface area contributed by atoms with E-state index in [0.29, 0.717) is 0 Å². The molecular weight excluding hydrogens is 254 g/mol. The highest BCUT2D eigenvalue weighted by Gasteiger charge is 2.21. The smallest absolute Gasteiger partial charge is 0.102 e. The van der Waals surface area contributed by atoms with Crippen LogP contribution in [0.25, 0.3) is 0 Å². The van der Waals surface area contributed by atoms with Crippen LogP contribution in [0.3, 0.4) is 0 Å². The first kappa shape index (κ1) is 17.6. The number of likely N-dealkylation sites (N-methyl/N-ethyl adjacent to an activating group) is 1. The van der Waals surface area contributed by atoms with E-state index >= 15 is 0 Å². The minimum Gasteiger partial charge on any atom is -0.748 e. The Morgan fingerprint density at radius 3 is 2.06 bits per heavy atom. The standard InChI is InChI=1S/C7H16NO.C5H10O3S/c1-3-8(2)4-6-9-7-5-8;1-5(2)3-4-9(6,7)8/h3-7H2,1-2H3;3H,4H2,1-2H3,(H,6,7,8)/q+1;/p-1. The minimum atomic E-state index is -4.05. The van der Waals surface area contributed by atoms with Crippen molar-refractivity contribution in [1.29, 1.82) is 0 Å². The van der Waals surface area contributed by atoms with Gasteiger partial charge in [-0.3, -0.25) is 0 Å². The Balaban J connectivity index is 0.000000321. The van der Waals surface area contributed by atoms with Crippen molar-refractivity contribution in [2.75, 3.05) is 45.6 Å². The molecule has 108 valence electrons. The highest BCUT2D eigenvalue weighted by molar-refractivity contribution is 7.85. The van der Waals surface area contributed by atoms with E-state index < -0.39 is 15.9 Å². The third-order valence-electron chi connectivity index (χ3n) is 3.01. The summed E-state index contributed by atoms with van der Waals surface area (Å²) in [5, 5.41) is 0. The molecule has 0 aliphatic carbocycles. The molecule has 1 aliphatic rings. The molecule has 0 radical (unpaired) electrons. The fourth-order valence-corrected chi connectivity index (χ4v) is 1.91. The lowest BCUT2D eigenvalue weighted by Gasteiger charge is -2.36. The third-order valence-corrected chi connectivity index (χ3v) is 3.58. The molecule has 0 atom stereocenters. The molecule has 0 amide bonds. The number of quaternary nitrogens is 1. The van der Waals surface area contributed by atoms with Crippen LogP contribution in [0.15, 0.2) is 11.6 Å². The number of allylic oxidation sites excluding steroid dienone is 1. The van der Waals surface area contributed by atoms with E-state index in [1.165, 1.54) is 30.2 Å². The van der Waals surface area contributed by atoms with Crippen LogP contribution in [0.4, 0.5) is 0 Å². The molecule has 6 heteroatoms. The molecule has 0 aromatic carbocycles. The molecule has 0 saturated carbocycles. The molecular formula is C12H25NO4S. The Bertz CT molecular complexity index is 352. The SMILES string of the molecule is CC(C)=CCS(=O)(=O)[O-].CC[N+]1(C)CCOCC1. The van der Waals surface area contributed by atoms with E-state index in [9.17, 15) is 13.0 Å². The molecule has 0 bridgehead atoms. The van der Waals surface area contributed by atoms with Gasteiger partial charge in [0.1, 0.15) is 13.1 Å². The molecule has 1 fully saturated rings. The molecule has 1 heterocycles. The molecule has 1 aliphatic heterocycles. The predicted molar refractivity (Wildman–Crippen MR) is 71.3 cm³/mol. The Morgan fingerprint density at radius 2 is 1.83 bits per heavy atom. The zero-order valence-electron chi connectivity index (χ0n) is 11.8. The van der Waals surface area contributed by atoms with Gasteiger partial charge in [-0.05, 0) is 20.8 Å². The topological polar surface area (TPSA) is 66.4 Å².